The van der Waals surface area contributed by atoms with E-state index < -0.39 is 12.0 Å². The first kappa shape index (κ1) is 17.5. The van der Waals surface area contributed by atoms with E-state index in [1.54, 1.807) is 36.9 Å². The summed E-state index contributed by atoms with van der Waals surface area (Å²) in [5.74, 6) is 2.50. The number of ether oxygens (including phenoxy) is 3. The molecular formula is C17H20N2O5S. The van der Waals surface area contributed by atoms with Gasteiger partial charge < -0.3 is 24.8 Å². The van der Waals surface area contributed by atoms with Gasteiger partial charge in [-0.2, -0.15) is 11.8 Å². The third-order valence-corrected chi connectivity index (χ3v) is 4.75. The number of hydrogen-bond donors (Lipinski definition) is 2. The molecule has 134 valence electrons. The Hall–Kier alpha value is -2.35. The number of allylic oxidation sites excluding steroid dienone is 1. The zero-order valence-electron chi connectivity index (χ0n) is 14.1. The number of amides is 2. The summed E-state index contributed by atoms with van der Waals surface area (Å²) in [6.07, 6.45) is 0. The zero-order valence-corrected chi connectivity index (χ0v) is 14.9. The van der Waals surface area contributed by atoms with Gasteiger partial charge in [-0.05, 0) is 30.4 Å². The van der Waals surface area contributed by atoms with E-state index in [2.05, 4.69) is 17.6 Å². The van der Waals surface area contributed by atoms with Crippen LogP contribution in [-0.4, -0.2) is 36.9 Å². The lowest BCUT2D eigenvalue weighted by atomic mass is 9.95. The molecule has 2 aliphatic rings. The van der Waals surface area contributed by atoms with Gasteiger partial charge in [-0.15, -0.1) is 0 Å². The maximum Gasteiger partial charge on any atom is 0.338 e. The molecule has 2 aliphatic heterocycles. The molecular weight excluding hydrogens is 344 g/mol. The number of nitrogens with one attached hydrogen (secondary N) is 2. The zero-order chi connectivity index (χ0) is 17.8. The molecule has 0 radical (unpaired) electrons. The van der Waals surface area contributed by atoms with E-state index in [0.717, 1.165) is 17.1 Å². The molecule has 3 rings (SSSR count). The highest BCUT2D eigenvalue weighted by molar-refractivity contribution is 7.99. The Morgan fingerprint density at radius 1 is 1.36 bits per heavy atom. The van der Waals surface area contributed by atoms with Crippen LogP contribution in [0.1, 0.15) is 25.5 Å². The molecule has 0 aromatic heterocycles. The molecule has 1 aromatic rings. The van der Waals surface area contributed by atoms with Crippen LogP contribution in [0.25, 0.3) is 0 Å². The van der Waals surface area contributed by atoms with Gasteiger partial charge in [0, 0.05) is 11.4 Å². The van der Waals surface area contributed by atoms with Crippen molar-refractivity contribution in [3.05, 3.63) is 35.0 Å². The number of benzene rings is 1. The molecule has 0 fully saturated rings. The SMILES string of the molecule is CCSCCOC(=O)C1=C(C)NC(=O)N[C@H]1c1ccc2c(c1)OCO2. The highest BCUT2D eigenvalue weighted by atomic mass is 32.2. The molecule has 0 spiro atoms. The summed E-state index contributed by atoms with van der Waals surface area (Å²) in [7, 11) is 0. The smallest absolute Gasteiger partial charge is 0.338 e. The maximum absolute atomic E-state index is 12.6. The monoisotopic (exact) mass is 364 g/mol. The number of thioether (sulfide) groups is 1. The Balaban J connectivity index is 1.83. The molecule has 0 saturated heterocycles. The Morgan fingerprint density at radius 2 is 2.16 bits per heavy atom. The number of carbonyl (C=O) groups excluding carboxylic acids is 2. The molecule has 1 aromatic carbocycles. The molecule has 1 atom stereocenters. The number of rotatable bonds is 6. The molecule has 8 heteroatoms. The summed E-state index contributed by atoms with van der Waals surface area (Å²) >= 11 is 1.70. The summed E-state index contributed by atoms with van der Waals surface area (Å²) in [5, 5.41) is 5.41. The van der Waals surface area contributed by atoms with Crippen molar-refractivity contribution in [2.45, 2.75) is 19.9 Å². The fourth-order valence-electron chi connectivity index (χ4n) is 2.72. The van der Waals surface area contributed by atoms with Crippen molar-refractivity contribution in [2.24, 2.45) is 0 Å². The number of hydrogen-bond acceptors (Lipinski definition) is 6. The highest BCUT2D eigenvalue weighted by Crippen LogP contribution is 2.37. The van der Waals surface area contributed by atoms with Crippen molar-refractivity contribution >= 4 is 23.8 Å². The minimum atomic E-state index is -0.602. The maximum atomic E-state index is 12.6. The van der Waals surface area contributed by atoms with Crippen molar-refractivity contribution in [3.63, 3.8) is 0 Å². The van der Waals surface area contributed by atoms with Crippen molar-refractivity contribution in [3.8, 4) is 11.5 Å². The van der Waals surface area contributed by atoms with Gasteiger partial charge in [-0.25, -0.2) is 9.59 Å². The fourth-order valence-corrected chi connectivity index (χ4v) is 3.21. The molecule has 0 unspecified atom stereocenters. The Kier molecular flexibility index (Phi) is 5.37. The van der Waals surface area contributed by atoms with Gasteiger partial charge >= 0.3 is 12.0 Å². The second-order valence-electron chi connectivity index (χ2n) is 5.52. The van der Waals surface area contributed by atoms with Crippen LogP contribution >= 0.6 is 11.8 Å². The van der Waals surface area contributed by atoms with E-state index in [0.29, 0.717) is 29.4 Å². The lowest BCUT2D eigenvalue weighted by Crippen LogP contribution is -2.45. The van der Waals surface area contributed by atoms with Crippen molar-refractivity contribution in [2.75, 3.05) is 24.9 Å². The molecule has 2 heterocycles. The predicted molar refractivity (Wildman–Crippen MR) is 93.6 cm³/mol. The van der Waals surface area contributed by atoms with Gasteiger partial charge in [0.05, 0.1) is 11.6 Å². The van der Waals surface area contributed by atoms with Gasteiger partial charge in [0.15, 0.2) is 11.5 Å². The van der Waals surface area contributed by atoms with Crippen LogP contribution in [-0.2, 0) is 9.53 Å². The van der Waals surface area contributed by atoms with Crippen molar-refractivity contribution in [1.29, 1.82) is 0 Å². The largest absolute Gasteiger partial charge is 0.461 e. The first-order chi connectivity index (χ1) is 12.1. The van der Waals surface area contributed by atoms with E-state index in [-0.39, 0.29) is 12.8 Å². The Morgan fingerprint density at radius 3 is 2.96 bits per heavy atom. The fraction of sp³-hybridized carbons (Fsp3) is 0.412. The van der Waals surface area contributed by atoms with Crippen LogP contribution in [0.2, 0.25) is 0 Å². The third-order valence-electron chi connectivity index (χ3n) is 3.88. The number of fused-ring (bicyclic) bond motifs is 1. The lowest BCUT2D eigenvalue weighted by Gasteiger charge is -2.28. The van der Waals surface area contributed by atoms with Gasteiger partial charge in [-0.1, -0.05) is 13.0 Å². The lowest BCUT2D eigenvalue weighted by molar-refractivity contribution is -0.138. The molecule has 0 bridgehead atoms. The van der Waals surface area contributed by atoms with Gasteiger partial charge in [0.1, 0.15) is 6.61 Å². The number of carbonyl (C=O) groups is 2. The summed E-state index contributed by atoms with van der Waals surface area (Å²) in [6.45, 7) is 4.23. The van der Waals surface area contributed by atoms with E-state index in [9.17, 15) is 9.59 Å². The first-order valence-electron chi connectivity index (χ1n) is 8.03. The predicted octanol–water partition coefficient (Wildman–Crippen LogP) is 2.34. The Bertz CT molecular complexity index is 719. The van der Waals surface area contributed by atoms with Crippen molar-refractivity contribution in [1.82, 2.24) is 10.6 Å². The van der Waals surface area contributed by atoms with Gasteiger partial charge in [0.25, 0.3) is 0 Å². The van der Waals surface area contributed by atoms with Crippen LogP contribution in [0.3, 0.4) is 0 Å². The summed E-state index contributed by atoms with van der Waals surface area (Å²) in [6, 6.07) is 4.37. The average molecular weight is 364 g/mol. The topological polar surface area (TPSA) is 85.9 Å². The summed E-state index contributed by atoms with van der Waals surface area (Å²) in [4.78, 5) is 24.4. The molecule has 0 saturated carbocycles. The first-order valence-corrected chi connectivity index (χ1v) is 9.18. The molecule has 2 amide bonds. The van der Waals surface area contributed by atoms with E-state index >= 15 is 0 Å². The van der Waals surface area contributed by atoms with E-state index in [1.165, 1.54) is 0 Å². The van der Waals surface area contributed by atoms with E-state index in [1.807, 2.05) is 0 Å². The van der Waals surface area contributed by atoms with Crippen LogP contribution in [0.4, 0.5) is 4.79 Å². The summed E-state index contributed by atoms with van der Waals surface area (Å²) in [5.41, 5.74) is 1.60. The summed E-state index contributed by atoms with van der Waals surface area (Å²) < 4.78 is 16.1. The van der Waals surface area contributed by atoms with Gasteiger partial charge in [-0.3, -0.25) is 0 Å². The minimum Gasteiger partial charge on any atom is -0.461 e. The third kappa shape index (κ3) is 3.84. The van der Waals surface area contributed by atoms with Crippen LogP contribution in [0, 0.1) is 0 Å². The molecule has 0 aliphatic carbocycles. The van der Waals surface area contributed by atoms with E-state index in [4.69, 9.17) is 14.2 Å². The van der Waals surface area contributed by atoms with Crippen LogP contribution in [0.5, 0.6) is 11.5 Å². The Labute approximate surface area is 150 Å². The second kappa shape index (κ2) is 7.69. The molecule has 7 nitrogen and oxygen atoms in total. The average Bonchev–Trinajstić information content (AvgIpc) is 3.05. The molecule has 2 N–H and O–H groups in total. The quantitative estimate of drug-likeness (QED) is 0.595. The highest BCUT2D eigenvalue weighted by Gasteiger charge is 2.33. The number of esters is 1. The standard InChI is InChI=1S/C17H20N2O5S/c1-3-25-7-6-22-16(20)14-10(2)18-17(21)19-15(14)11-4-5-12-13(8-11)24-9-23-12/h4-5,8,15H,3,6-7,9H2,1-2H3,(H2,18,19,21)/t15-/m0/s1. The van der Waals surface area contributed by atoms with Crippen molar-refractivity contribution < 1.29 is 23.8 Å². The minimum absolute atomic E-state index is 0.163. The normalized spacial score (nSPS) is 18.6. The molecule has 25 heavy (non-hydrogen) atoms. The van der Waals surface area contributed by atoms with Crippen LogP contribution < -0.4 is 20.1 Å². The van der Waals surface area contributed by atoms with Gasteiger partial charge in [0.2, 0.25) is 6.79 Å². The second-order valence-corrected chi connectivity index (χ2v) is 6.91. The van der Waals surface area contributed by atoms with Crippen LogP contribution in [0.15, 0.2) is 29.5 Å². The number of urea groups is 1.